The van der Waals surface area contributed by atoms with Crippen molar-refractivity contribution in [2.45, 2.75) is 12.5 Å². The van der Waals surface area contributed by atoms with Gasteiger partial charge in [-0.3, -0.25) is 0 Å². The van der Waals surface area contributed by atoms with E-state index >= 15 is 0 Å². The lowest BCUT2D eigenvalue weighted by molar-refractivity contribution is 0.468. The molecule has 3 aromatic rings. The third-order valence-corrected chi connectivity index (χ3v) is 3.11. The molecule has 3 rings (SSSR count). The quantitative estimate of drug-likeness (QED) is 0.796. The summed E-state index contributed by atoms with van der Waals surface area (Å²) in [5.41, 5.74) is 7.39. The van der Waals surface area contributed by atoms with Crippen LogP contribution in [0.1, 0.15) is 17.5 Å². The largest absolute Gasteiger partial charge is 0.441 e. The number of hydrogen-bond donors (Lipinski definition) is 1. The number of oxazole rings is 1. The SMILES string of the molecule is NC(Cc1nc2ccccc2o1)c1cccc(F)c1F. The smallest absolute Gasteiger partial charge is 0.197 e. The van der Waals surface area contributed by atoms with Crippen LogP contribution in [0.25, 0.3) is 11.1 Å². The molecule has 0 spiro atoms. The number of nitrogens with zero attached hydrogens (tertiary/aromatic N) is 1. The first kappa shape index (κ1) is 12.7. The van der Waals surface area contributed by atoms with E-state index in [2.05, 4.69) is 4.98 Å². The summed E-state index contributed by atoms with van der Waals surface area (Å²) in [6, 6.07) is 10.5. The van der Waals surface area contributed by atoms with Gasteiger partial charge in [-0.1, -0.05) is 24.3 Å². The number of rotatable bonds is 3. The Morgan fingerprint density at radius 3 is 2.70 bits per heavy atom. The van der Waals surface area contributed by atoms with Crippen LogP contribution in [-0.4, -0.2) is 4.98 Å². The minimum absolute atomic E-state index is 0.118. The molecule has 0 fully saturated rings. The van der Waals surface area contributed by atoms with Crippen molar-refractivity contribution in [2.75, 3.05) is 0 Å². The lowest BCUT2D eigenvalue weighted by atomic mass is 10.0. The van der Waals surface area contributed by atoms with Crippen molar-refractivity contribution < 1.29 is 13.2 Å². The van der Waals surface area contributed by atoms with Gasteiger partial charge in [-0.25, -0.2) is 13.8 Å². The van der Waals surface area contributed by atoms with Crippen LogP contribution in [0.2, 0.25) is 0 Å². The second kappa shape index (κ2) is 5.02. The molecule has 0 radical (unpaired) electrons. The van der Waals surface area contributed by atoms with Gasteiger partial charge in [0.05, 0.1) is 0 Å². The van der Waals surface area contributed by atoms with Crippen molar-refractivity contribution in [1.29, 1.82) is 0 Å². The Labute approximate surface area is 114 Å². The van der Waals surface area contributed by atoms with Crippen LogP contribution in [-0.2, 0) is 6.42 Å². The lowest BCUT2D eigenvalue weighted by Gasteiger charge is -2.10. The highest BCUT2D eigenvalue weighted by Gasteiger charge is 2.17. The normalized spacial score (nSPS) is 12.8. The first-order valence-electron chi connectivity index (χ1n) is 6.19. The van der Waals surface area contributed by atoms with Gasteiger partial charge in [0.1, 0.15) is 5.52 Å². The van der Waals surface area contributed by atoms with Crippen LogP contribution in [0, 0.1) is 11.6 Å². The van der Waals surface area contributed by atoms with Crippen molar-refractivity contribution >= 4 is 11.1 Å². The van der Waals surface area contributed by atoms with Gasteiger partial charge >= 0.3 is 0 Å². The average Bonchev–Trinajstić information content (AvgIpc) is 2.83. The predicted octanol–water partition coefficient (Wildman–Crippen LogP) is 3.35. The van der Waals surface area contributed by atoms with E-state index in [-0.39, 0.29) is 12.0 Å². The highest BCUT2D eigenvalue weighted by molar-refractivity contribution is 5.72. The Kier molecular flexibility index (Phi) is 3.20. The van der Waals surface area contributed by atoms with Crippen LogP contribution in [0.5, 0.6) is 0 Å². The van der Waals surface area contributed by atoms with Crippen LogP contribution < -0.4 is 5.73 Å². The number of para-hydroxylation sites is 2. The number of fused-ring (bicyclic) bond motifs is 1. The van der Waals surface area contributed by atoms with E-state index in [0.29, 0.717) is 11.5 Å². The van der Waals surface area contributed by atoms with Crippen molar-refractivity contribution in [3.05, 3.63) is 65.6 Å². The van der Waals surface area contributed by atoms with Gasteiger partial charge in [0.25, 0.3) is 0 Å². The predicted molar refractivity (Wildman–Crippen MR) is 71.0 cm³/mol. The van der Waals surface area contributed by atoms with Crippen molar-refractivity contribution in [3.8, 4) is 0 Å². The fourth-order valence-corrected chi connectivity index (χ4v) is 2.11. The topological polar surface area (TPSA) is 52.0 Å². The summed E-state index contributed by atoms with van der Waals surface area (Å²) in [7, 11) is 0. The molecule has 2 N–H and O–H groups in total. The van der Waals surface area contributed by atoms with Gasteiger partial charge in [-0.2, -0.15) is 0 Å². The molecule has 20 heavy (non-hydrogen) atoms. The third kappa shape index (κ3) is 2.28. The van der Waals surface area contributed by atoms with E-state index in [1.54, 1.807) is 6.07 Å². The molecule has 2 aromatic carbocycles. The second-order valence-electron chi connectivity index (χ2n) is 4.53. The molecule has 0 aliphatic heterocycles. The first-order valence-corrected chi connectivity index (χ1v) is 6.19. The Morgan fingerprint density at radius 2 is 1.90 bits per heavy atom. The molecule has 1 unspecified atom stereocenters. The second-order valence-corrected chi connectivity index (χ2v) is 4.53. The summed E-state index contributed by atoms with van der Waals surface area (Å²) in [4.78, 5) is 4.27. The Morgan fingerprint density at radius 1 is 1.10 bits per heavy atom. The molecule has 102 valence electrons. The van der Waals surface area contributed by atoms with Gasteiger partial charge in [0.15, 0.2) is 23.1 Å². The van der Waals surface area contributed by atoms with Crippen LogP contribution in [0.3, 0.4) is 0 Å². The fourth-order valence-electron chi connectivity index (χ4n) is 2.11. The van der Waals surface area contributed by atoms with Gasteiger partial charge in [0.2, 0.25) is 0 Å². The molecule has 1 heterocycles. The summed E-state index contributed by atoms with van der Waals surface area (Å²) >= 11 is 0. The molecule has 0 amide bonds. The van der Waals surface area contributed by atoms with E-state index in [0.717, 1.165) is 11.6 Å². The first-order chi connectivity index (χ1) is 9.65. The highest BCUT2D eigenvalue weighted by Crippen LogP contribution is 2.22. The van der Waals surface area contributed by atoms with Crippen molar-refractivity contribution in [3.63, 3.8) is 0 Å². The molecular formula is C15H12F2N2O. The maximum atomic E-state index is 13.7. The minimum atomic E-state index is -0.920. The van der Waals surface area contributed by atoms with Crippen LogP contribution in [0.15, 0.2) is 46.9 Å². The zero-order chi connectivity index (χ0) is 14.1. The summed E-state index contributed by atoms with van der Waals surface area (Å²) in [6.45, 7) is 0. The molecular weight excluding hydrogens is 262 g/mol. The monoisotopic (exact) mass is 274 g/mol. The maximum Gasteiger partial charge on any atom is 0.197 e. The molecule has 0 saturated heterocycles. The summed E-state index contributed by atoms with van der Waals surface area (Å²) < 4.78 is 32.4. The van der Waals surface area contributed by atoms with E-state index in [1.165, 1.54) is 12.1 Å². The molecule has 0 aliphatic rings. The van der Waals surface area contributed by atoms with Crippen molar-refractivity contribution in [1.82, 2.24) is 4.98 Å². The zero-order valence-corrected chi connectivity index (χ0v) is 10.5. The number of hydrogen-bond acceptors (Lipinski definition) is 3. The van der Waals surface area contributed by atoms with E-state index < -0.39 is 17.7 Å². The number of halogens is 2. The molecule has 0 bridgehead atoms. The molecule has 1 aromatic heterocycles. The molecule has 0 saturated carbocycles. The van der Waals surface area contributed by atoms with Gasteiger partial charge < -0.3 is 10.2 Å². The standard InChI is InChI=1S/C15H12F2N2O/c16-10-5-3-4-9(15(10)17)11(18)8-14-19-12-6-1-2-7-13(12)20-14/h1-7,11H,8,18H2. The highest BCUT2D eigenvalue weighted by atomic mass is 19.2. The maximum absolute atomic E-state index is 13.7. The minimum Gasteiger partial charge on any atom is -0.441 e. The van der Waals surface area contributed by atoms with Crippen LogP contribution >= 0.6 is 0 Å². The Bertz CT molecular complexity index is 721. The molecule has 3 nitrogen and oxygen atoms in total. The number of benzene rings is 2. The summed E-state index contributed by atoms with van der Waals surface area (Å²) in [6.07, 6.45) is 0.203. The summed E-state index contributed by atoms with van der Waals surface area (Å²) in [5, 5.41) is 0. The van der Waals surface area contributed by atoms with E-state index in [1.807, 2.05) is 18.2 Å². The number of aromatic nitrogens is 1. The van der Waals surface area contributed by atoms with Gasteiger partial charge in [-0.15, -0.1) is 0 Å². The Hall–Kier alpha value is -2.27. The van der Waals surface area contributed by atoms with E-state index in [4.69, 9.17) is 10.2 Å². The molecule has 0 aliphatic carbocycles. The summed E-state index contributed by atoms with van der Waals surface area (Å²) in [5.74, 6) is -1.42. The van der Waals surface area contributed by atoms with Gasteiger partial charge in [0, 0.05) is 18.0 Å². The molecule has 1 atom stereocenters. The molecule has 5 heteroatoms. The zero-order valence-electron chi connectivity index (χ0n) is 10.5. The fraction of sp³-hybridized carbons (Fsp3) is 0.133. The van der Waals surface area contributed by atoms with Crippen molar-refractivity contribution in [2.24, 2.45) is 5.73 Å². The number of nitrogens with two attached hydrogens (primary N) is 1. The lowest BCUT2D eigenvalue weighted by Crippen LogP contribution is -2.15. The Balaban J connectivity index is 1.88. The van der Waals surface area contributed by atoms with Crippen LogP contribution in [0.4, 0.5) is 8.78 Å². The average molecular weight is 274 g/mol. The van der Waals surface area contributed by atoms with E-state index in [9.17, 15) is 8.78 Å². The van der Waals surface area contributed by atoms with Gasteiger partial charge in [-0.05, 0) is 18.2 Å². The third-order valence-electron chi connectivity index (χ3n) is 3.11.